The number of ether oxygens (including phenoxy) is 1. The van der Waals surface area contributed by atoms with Crippen LogP contribution in [0.4, 0.5) is 9.59 Å². The van der Waals surface area contributed by atoms with E-state index in [1.54, 1.807) is 16.7 Å². The maximum absolute atomic E-state index is 12.0. The van der Waals surface area contributed by atoms with Gasteiger partial charge in [0.25, 0.3) is 0 Å². The topological polar surface area (TPSA) is 61.9 Å². The van der Waals surface area contributed by atoms with Crippen molar-refractivity contribution in [1.82, 2.24) is 15.1 Å². The molecule has 1 aliphatic carbocycles. The van der Waals surface area contributed by atoms with Gasteiger partial charge in [-0.1, -0.05) is 5.57 Å². The molecule has 0 aromatic heterocycles. The molecule has 0 spiro atoms. The van der Waals surface area contributed by atoms with Crippen LogP contribution in [0, 0.1) is 5.92 Å². The molecule has 1 heterocycles. The summed E-state index contributed by atoms with van der Waals surface area (Å²) in [4.78, 5) is 26.9. The molecule has 6 heteroatoms. The summed E-state index contributed by atoms with van der Waals surface area (Å²) in [7, 11) is 0. The third-order valence-electron chi connectivity index (χ3n) is 3.74. The molecule has 112 valence electrons. The second-order valence-corrected chi connectivity index (χ2v) is 5.29. The van der Waals surface area contributed by atoms with E-state index >= 15 is 0 Å². The third kappa shape index (κ3) is 3.88. The number of carbonyl (C=O) groups is 2. The molecule has 0 bridgehead atoms. The number of allylic oxidation sites excluding steroid dienone is 1. The highest BCUT2D eigenvalue weighted by atomic mass is 16.6. The van der Waals surface area contributed by atoms with E-state index in [1.165, 1.54) is 18.4 Å². The van der Waals surface area contributed by atoms with E-state index in [1.807, 2.05) is 6.20 Å². The van der Waals surface area contributed by atoms with Crippen LogP contribution in [0.2, 0.25) is 0 Å². The molecule has 0 aromatic rings. The Labute approximate surface area is 119 Å². The Morgan fingerprint density at radius 1 is 1.20 bits per heavy atom. The van der Waals surface area contributed by atoms with Crippen LogP contribution in [0.15, 0.2) is 11.8 Å². The molecule has 6 nitrogen and oxygen atoms in total. The van der Waals surface area contributed by atoms with Crippen LogP contribution < -0.4 is 5.32 Å². The number of hydrogen-bond donors (Lipinski definition) is 1. The van der Waals surface area contributed by atoms with Crippen molar-refractivity contribution >= 4 is 12.1 Å². The Balaban J connectivity index is 1.74. The summed E-state index contributed by atoms with van der Waals surface area (Å²) >= 11 is 0. The average Bonchev–Trinajstić information content (AvgIpc) is 3.29. The summed E-state index contributed by atoms with van der Waals surface area (Å²) in [6.45, 7) is 6.36. The summed E-state index contributed by atoms with van der Waals surface area (Å²) in [6.07, 6.45) is 3.99. The van der Waals surface area contributed by atoms with Crippen LogP contribution in [0.3, 0.4) is 0 Å². The minimum Gasteiger partial charge on any atom is -0.450 e. The zero-order chi connectivity index (χ0) is 14.5. The monoisotopic (exact) mass is 281 g/mol. The molecule has 2 rings (SSSR count). The fraction of sp³-hybridized carbons (Fsp3) is 0.714. The first kappa shape index (κ1) is 14.7. The first-order valence-electron chi connectivity index (χ1n) is 7.25. The number of piperazine rings is 1. The Morgan fingerprint density at radius 2 is 1.80 bits per heavy atom. The van der Waals surface area contributed by atoms with Gasteiger partial charge in [0.2, 0.25) is 0 Å². The number of nitrogens with zero attached hydrogens (tertiary/aromatic N) is 2. The molecular weight excluding hydrogens is 258 g/mol. The molecule has 0 unspecified atom stereocenters. The largest absolute Gasteiger partial charge is 0.450 e. The summed E-state index contributed by atoms with van der Waals surface area (Å²) in [5, 5.41) is 2.83. The predicted octanol–water partition coefficient (Wildman–Crippen LogP) is 1.78. The lowest BCUT2D eigenvalue weighted by Crippen LogP contribution is -2.52. The first-order chi connectivity index (χ1) is 9.61. The molecule has 1 N–H and O–H groups in total. The van der Waals surface area contributed by atoms with E-state index in [4.69, 9.17) is 4.74 Å². The summed E-state index contributed by atoms with van der Waals surface area (Å²) < 4.78 is 4.95. The standard InChI is InChI=1S/C14H23N3O3/c1-3-20-14(19)17-8-6-16(7-9-17)13(18)15-10-11(2)12-4-5-12/h10,12H,3-9H2,1-2H3,(H,15,18)/b11-10+. The van der Waals surface area contributed by atoms with Crippen molar-refractivity contribution in [1.29, 1.82) is 0 Å². The average molecular weight is 281 g/mol. The van der Waals surface area contributed by atoms with Gasteiger partial charge in [0.1, 0.15) is 0 Å². The second-order valence-electron chi connectivity index (χ2n) is 5.29. The quantitative estimate of drug-likeness (QED) is 0.857. The predicted molar refractivity (Wildman–Crippen MR) is 75.2 cm³/mol. The SMILES string of the molecule is CCOC(=O)N1CCN(C(=O)N/C=C(\C)C2CC2)CC1. The smallest absolute Gasteiger partial charge is 0.409 e. The van der Waals surface area contributed by atoms with E-state index in [0.717, 1.165) is 0 Å². The lowest BCUT2D eigenvalue weighted by atomic mass is 10.2. The van der Waals surface area contributed by atoms with E-state index in [-0.39, 0.29) is 12.1 Å². The van der Waals surface area contributed by atoms with Crippen molar-refractivity contribution in [2.24, 2.45) is 5.92 Å². The summed E-state index contributed by atoms with van der Waals surface area (Å²) in [6, 6.07) is -0.0893. The number of amides is 3. The molecule has 1 saturated carbocycles. The molecule has 0 aromatic carbocycles. The van der Waals surface area contributed by atoms with Crippen molar-refractivity contribution in [2.45, 2.75) is 26.7 Å². The van der Waals surface area contributed by atoms with Gasteiger partial charge in [-0.15, -0.1) is 0 Å². The lowest BCUT2D eigenvalue weighted by Gasteiger charge is -2.33. The van der Waals surface area contributed by atoms with Crippen LogP contribution in [0.25, 0.3) is 0 Å². The minimum absolute atomic E-state index is 0.0893. The van der Waals surface area contributed by atoms with Crippen molar-refractivity contribution in [3.05, 3.63) is 11.8 Å². The lowest BCUT2D eigenvalue weighted by molar-refractivity contribution is 0.0856. The highest BCUT2D eigenvalue weighted by Crippen LogP contribution is 2.35. The van der Waals surface area contributed by atoms with E-state index < -0.39 is 0 Å². The Morgan fingerprint density at radius 3 is 2.35 bits per heavy atom. The van der Waals surface area contributed by atoms with Crippen molar-refractivity contribution in [3.63, 3.8) is 0 Å². The van der Waals surface area contributed by atoms with Gasteiger partial charge in [-0.05, 0) is 32.6 Å². The number of nitrogens with one attached hydrogen (secondary N) is 1. The molecule has 1 aliphatic heterocycles. The normalized spacial score (nSPS) is 19.8. The molecule has 3 amide bonds. The maximum atomic E-state index is 12.0. The van der Waals surface area contributed by atoms with Gasteiger partial charge in [-0.25, -0.2) is 9.59 Å². The summed E-state index contributed by atoms with van der Waals surface area (Å²) in [5.74, 6) is 0.663. The van der Waals surface area contributed by atoms with Gasteiger partial charge < -0.3 is 19.9 Å². The van der Waals surface area contributed by atoms with Gasteiger partial charge >= 0.3 is 12.1 Å². The molecule has 2 aliphatic rings. The van der Waals surface area contributed by atoms with Crippen molar-refractivity contribution < 1.29 is 14.3 Å². The molecule has 0 atom stereocenters. The maximum Gasteiger partial charge on any atom is 0.409 e. The first-order valence-corrected chi connectivity index (χ1v) is 7.25. The number of hydrogen-bond acceptors (Lipinski definition) is 3. The number of urea groups is 1. The van der Waals surface area contributed by atoms with E-state index in [0.29, 0.717) is 38.7 Å². The molecular formula is C14H23N3O3. The molecule has 20 heavy (non-hydrogen) atoms. The Bertz CT molecular complexity index is 396. The van der Waals surface area contributed by atoms with Crippen molar-refractivity contribution in [2.75, 3.05) is 32.8 Å². The molecule has 1 saturated heterocycles. The highest BCUT2D eigenvalue weighted by molar-refractivity contribution is 5.76. The van der Waals surface area contributed by atoms with E-state index in [9.17, 15) is 9.59 Å². The van der Waals surface area contributed by atoms with Crippen LogP contribution in [0.1, 0.15) is 26.7 Å². The zero-order valence-electron chi connectivity index (χ0n) is 12.2. The van der Waals surface area contributed by atoms with Crippen LogP contribution in [-0.2, 0) is 4.74 Å². The third-order valence-corrected chi connectivity index (χ3v) is 3.74. The minimum atomic E-state index is -0.294. The Hall–Kier alpha value is -1.72. The van der Waals surface area contributed by atoms with Gasteiger partial charge in [-0.2, -0.15) is 0 Å². The van der Waals surface area contributed by atoms with Crippen LogP contribution in [-0.4, -0.2) is 54.7 Å². The van der Waals surface area contributed by atoms with Gasteiger partial charge in [0, 0.05) is 32.4 Å². The molecule has 0 radical (unpaired) electrons. The number of rotatable bonds is 3. The van der Waals surface area contributed by atoms with Gasteiger partial charge in [-0.3, -0.25) is 0 Å². The van der Waals surface area contributed by atoms with Gasteiger partial charge in [0.05, 0.1) is 6.61 Å². The van der Waals surface area contributed by atoms with Crippen LogP contribution in [0.5, 0.6) is 0 Å². The zero-order valence-corrected chi connectivity index (χ0v) is 12.2. The number of carbonyl (C=O) groups excluding carboxylic acids is 2. The summed E-state index contributed by atoms with van der Waals surface area (Å²) in [5.41, 5.74) is 1.24. The Kier molecular flexibility index (Phi) is 4.87. The van der Waals surface area contributed by atoms with Gasteiger partial charge in [0.15, 0.2) is 0 Å². The second kappa shape index (κ2) is 6.63. The van der Waals surface area contributed by atoms with Crippen molar-refractivity contribution in [3.8, 4) is 0 Å². The fourth-order valence-corrected chi connectivity index (χ4v) is 2.23. The highest BCUT2D eigenvalue weighted by Gasteiger charge is 2.25. The fourth-order valence-electron chi connectivity index (χ4n) is 2.23. The van der Waals surface area contributed by atoms with Crippen LogP contribution >= 0.6 is 0 Å². The molecule has 2 fully saturated rings. The van der Waals surface area contributed by atoms with E-state index in [2.05, 4.69) is 12.2 Å².